The Bertz CT molecular complexity index is 998. The summed E-state index contributed by atoms with van der Waals surface area (Å²) in [6.45, 7) is 2.57. The maximum Gasteiger partial charge on any atom is 0.416 e. The molecule has 2 aliphatic heterocycles. The van der Waals surface area contributed by atoms with Crippen LogP contribution in [-0.4, -0.2) is 53.3 Å². The van der Waals surface area contributed by atoms with Crippen LogP contribution in [0, 0.1) is 0 Å². The Morgan fingerprint density at radius 3 is 2.71 bits per heavy atom. The summed E-state index contributed by atoms with van der Waals surface area (Å²) >= 11 is 0. The van der Waals surface area contributed by atoms with E-state index >= 15 is 0 Å². The van der Waals surface area contributed by atoms with Crippen LogP contribution in [0.3, 0.4) is 0 Å². The zero-order chi connectivity index (χ0) is 24.8. The summed E-state index contributed by atoms with van der Waals surface area (Å²) in [5.41, 5.74) is 1.96. The van der Waals surface area contributed by atoms with Crippen molar-refractivity contribution in [2.24, 2.45) is 0 Å². The third kappa shape index (κ3) is 6.73. The van der Waals surface area contributed by atoms with Crippen LogP contribution < -0.4 is 5.32 Å². The van der Waals surface area contributed by atoms with Crippen molar-refractivity contribution in [3.8, 4) is 0 Å². The highest BCUT2D eigenvalue weighted by molar-refractivity contribution is 5.75. The number of rotatable bonds is 10. The van der Waals surface area contributed by atoms with E-state index in [1.165, 1.54) is 17.7 Å². The van der Waals surface area contributed by atoms with Gasteiger partial charge >= 0.3 is 12.1 Å². The van der Waals surface area contributed by atoms with Gasteiger partial charge in [0.25, 0.3) is 0 Å². The minimum atomic E-state index is -4.45. The van der Waals surface area contributed by atoms with Crippen molar-refractivity contribution in [2.75, 3.05) is 31.6 Å². The van der Waals surface area contributed by atoms with Crippen molar-refractivity contribution < 1.29 is 27.8 Å². The highest BCUT2D eigenvalue weighted by atomic mass is 19.4. The number of likely N-dealkylation sites (tertiary alicyclic amines) is 1. The van der Waals surface area contributed by atoms with E-state index in [9.17, 15) is 23.1 Å². The smallest absolute Gasteiger partial charge is 0.416 e. The maximum atomic E-state index is 12.8. The number of carboxylic acid groups (broad SMARTS) is 1. The molecule has 0 amide bonds. The summed E-state index contributed by atoms with van der Waals surface area (Å²) in [5, 5.41) is 13.1. The van der Waals surface area contributed by atoms with Gasteiger partial charge in [0.2, 0.25) is 0 Å². The normalized spacial score (nSPS) is 19.2. The molecule has 1 aromatic carbocycles. The van der Waals surface area contributed by atoms with E-state index in [0.717, 1.165) is 68.7 Å². The molecule has 2 unspecified atom stereocenters. The van der Waals surface area contributed by atoms with Gasteiger partial charge in [-0.25, -0.2) is 4.98 Å². The number of nitrogens with one attached hydrogen (secondary N) is 1. The molecule has 35 heavy (non-hydrogen) atoms. The van der Waals surface area contributed by atoms with Gasteiger partial charge in [-0.15, -0.1) is 0 Å². The van der Waals surface area contributed by atoms with Gasteiger partial charge in [-0.1, -0.05) is 24.6 Å². The minimum absolute atomic E-state index is 0.0697. The Labute approximate surface area is 203 Å². The first kappa shape index (κ1) is 25.4. The molecule has 9 heteroatoms. The summed E-state index contributed by atoms with van der Waals surface area (Å²) in [7, 11) is 0. The summed E-state index contributed by atoms with van der Waals surface area (Å²) in [4.78, 5) is 18.4. The number of carbonyl (C=O) groups is 1. The molecule has 2 N–H and O–H groups in total. The van der Waals surface area contributed by atoms with Gasteiger partial charge in [0.1, 0.15) is 11.9 Å². The number of halogens is 3. The van der Waals surface area contributed by atoms with Crippen molar-refractivity contribution in [3.05, 3.63) is 58.8 Å². The highest BCUT2D eigenvalue weighted by Gasteiger charge is 2.35. The lowest BCUT2D eigenvalue weighted by Crippen LogP contribution is -2.33. The van der Waals surface area contributed by atoms with Gasteiger partial charge in [0.15, 0.2) is 0 Å². The second-order valence-corrected chi connectivity index (χ2v) is 9.29. The van der Waals surface area contributed by atoms with E-state index in [2.05, 4.69) is 17.4 Å². The molecule has 0 spiro atoms. The predicted molar refractivity (Wildman–Crippen MR) is 126 cm³/mol. The molecule has 0 bridgehead atoms. The zero-order valence-electron chi connectivity index (χ0n) is 19.7. The molecule has 2 aliphatic rings. The Hall–Kier alpha value is -2.65. The number of benzene rings is 1. The van der Waals surface area contributed by atoms with Gasteiger partial charge in [0.05, 0.1) is 11.7 Å². The number of aliphatic carboxylic acids is 1. The first-order valence-corrected chi connectivity index (χ1v) is 12.3. The molecule has 0 aliphatic carbocycles. The van der Waals surface area contributed by atoms with Crippen LogP contribution in [0.4, 0.5) is 19.0 Å². The van der Waals surface area contributed by atoms with Gasteiger partial charge in [0, 0.05) is 31.9 Å². The van der Waals surface area contributed by atoms with E-state index < -0.39 is 23.8 Å². The number of unbranched alkanes of at least 4 members (excludes halogenated alkanes) is 2. The molecule has 3 heterocycles. The number of aromatic nitrogens is 1. The monoisotopic (exact) mass is 491 g/mol. The van der Waals surface area contributed by atoms with E-state index in [4.69, 9.17) is 9.72 Å². The van der Waals surface area contributed by atoms with E-state index in [-0.39, 0.29) is 6.10 Å². The number of fused-ring (bicyclic) bond motifs is 1. The summed E-state index contributed by atoms with van der Waals surface area (Å²) in [6.07, 6.45) is 2.32. The maximum absolute atomic E-state index is 12.8. The average Bonchev–Trinajstić information content (AvgIpc) is 3.29. The van der Waals surface area contributed by atoms with Crippen LogP contribution in [0.25, 0.3) is 0 Å². The van der Waals surface area contributed by atoms with Crippen LogP contribution in [0.15, 0.2) is 36.4 Å². The fraction of sp³-hybridized carbons (Fsp3) is 0.538. The van der Waals surface area contributed by atoms with Gasteiger partial charge in [-0.3, -0.25) is 9.69 Å². The lowest BCUT2D eigenvalue weighted by atomic mass is 10.0. The number of pyridine rings is 1. The Kier molecular flexibility index (Phi) is 8.28. The van der Waals surface area contributed by atoms with E-state index in [0.29, 0.717) is 31.7 Å². The number of ether oxygens (including phenoxy) is 1. The fourth-order valence-electron chi connectivity index (χ4n) is 4.83. The summed E-state index contributed by atoms with van der Waals surface area (Å²) in [5.74, 6) is -0.0461. The van der Waals surface area contributed by atoms with Gasteiger partial charge < -0.3 is 15.2 Å². The molecule has 0 radical (unpaired) electrons. The van der Waals surface area contributed by atoms with Crippen LogP contribution in [0.1, 0.15) is 60.5 Å². The molecule has 0 saturated carbocycles. The number of alkyl halides is 3. The lowest BCUT2D eigenvalue weighted by molar-refractivity contribution is -0.143. The fourth-order valence-corrected chi connectivity index (χ4v) is 4.83. The summed E-state index contributed by atoms with van der Waals surface area (Å²) < 4.78 is 44.5. The molecule has 1 saturated heterocycles. The second kappa shape index (κ2) is 11.4. The van der Waals surface area contributed by atoms with Crippen LogP contribution in [0.2, 0.25) is 0 Å². The third-order valence-corrected chi connectivity index (χ3v) is 6.71. The first-order chi connectivity index (χ1) is 16.8. The zero-order valence-corrected chi connectivity index (χ0v) is 19.7. The molecule has 190 valence electrons. The molecule has 2 aromatic rings. The molecule has 1 aromatic heterocycles. The number of anilines is 1. The first-order valence-electron chi connectivity index (χ1n) is 12.3. The largest absolute Gasteiger partial charge is 0.480 e. The molecule has 1 fully saturated rings. The Morgan fingerprint density at radius 1 is 1.17 bits per heavy atom. The Balaban J connectivity index is 1.18. The van der Waals surface area contributed by atoms with Crippen LogP contribution >= 0.6 is 0 Å². The van der Waals surface area contributed by atoms with E-state index in [1.807, 2.05) is 0 Å². The lowest BCUT2D eigenvalue weighted by Gasteiger charge is -2.25. The topological polar surface area (TPSA) is 74.7 Å². The SMILES string of the molecule is O=C(O)C(c1ccc(C(F)(F)F)cc1)N1CCC(OCCCCCc2ccc3c(n2)NCCC3)C1. The number of hydrogen-bond donors (Lipinski definition) is 2. The highest BCUT2D eigenvalue weighted by Crippen LogP contribution is 2.32. The molecular weight excluding hydrogens is 459 g/mol. The van der Waals surface area contributed by atoms with Gasteiger partial charge in [-0.05, 0) is 67.9 Å². The third-order valence-electron chi connectivity index (χ3n) is 6.71. The molecule has 6 nitrogen and oxygen atoms in total. The number of nitrogens with zero attached hydrogens (tertiary/aromatic N) is 2. The van der Waals surface area contributed by atoms with E-state index in [1.54, 1.807) is 4.90 Å². The number of aryl methyl sites for hydroxylation is 2. The van der Waals surface area contributed by atoms with Crippen molar-refractivity contribution in [3.63, 3.8) is 0 Å². The summed E-state index contributed by atoms with van der Waals surface area (Å²) in [6, 6.07) is 7.69. The number of hydrogen-bond acceptors (Lipinski definition) is 5. The average molecular weight is 492 g/mol. The van der Waals surface area contributed by atoms with Gasteiger partial charge in [-0.2, -0.15) is 13.2 Å². The van der Waals surface area contributed by atoms with Crippen molar-refractivity contribution in [2.45, 2.75) is 63.3 Å². The number of carboxylic acids is 1. The quantitative estimate of drug-likeness (QED) is 0.451. The minimum Gasteiger partial charge on any atom is -0.480 e. The molecular formula is C26H32F3N3O3. The Morgan fingerprint density at radius 2 is 1.97 bits per heavy atom. The van der Waals surface area contributed by atoms with Crippen molar-refractivity contribution in [1.29, 1.82) is 0 Å². The molecule has 4 rings (SSSR count). The van der Waals surface area contributed by atoms with Crippen molar-refractivity contribution >= 4 is 11.8 Å². The standard InChI is InChI=1S/C26H32F3N3O3/c27-26(28,29)20-10-7-18(8-11-20)23(25(33)34)32-15-13-22(17-32)35-16-3-1-2-6-21-12-9-19-5-4-14-30-24(19)31-21/h7-12,22-23H,1-6,13-17H2,(H,30,31)(H,33,34). The predicted octanol–water partition coefficient (Wildman–Crippen LogP) is 5.09. The molecule has 2 atom stereocenters. The van der Waals surface area contributed by atoms with Crippen LogP contribution in [-0.2, 0) is 28.5 Å². The second-order valence-electron chi connectivity index (χ2n) is 9.29. The van der Waals surface area contributed by atoms with Crippen molar-refractivity contribution in [1.82, 2.24) is 9.88 Å². The van der Waals surface area contributed by atoms with Crippen LogP contribution in [0.5, 0.6) is 0 Å².